The Balaban J connectivity index is 1.40. The number of benzene rings is 1. The summed E-state index contributed by atoms with van der Waals surface area (Å²) in [6.45, 7) is 4.74. The van der Waals surface area contributed by atoms with Crippen molar-refractivity contribution in [3.63, 3.8) is 0 Å². The highest BCUT2D eigenvalue weighted by Crippen LogP contribution is 2.25. The first-order valence-corrected chi connectivity index (χ1v) is 9.69. The van der Waals surface area contributed by atoms with Gasteiger partial charge >= 0.3 is 6.03 Å². The number of piperidine rings is 1. The van der Waals surface area contributed by atoms with Crippen LogP contribution < -0.4 is 10.1 Å². The van der Waals surface area contributed by atoms with E-state index in [1.165, 1.54) is 12.8 Å². The number of nitrogens with zero attached hydrogens (tertiary/aromatic N) is 2. The minimum atomic E-state index is -0.640. The molecule has 0 aromatic heterocycles. The molecule has 144 valence electrons. The highest BCUT2D eigenvalue weighted by atomic mass is 16.5. The van der Waals surface area contributed by atoms with Gasteiger partial charge in [-0.25, -0.2) is 4.79 Å². The fourth-order valence-electron chi connectivity index (χ4n) is 3.97. The standard InChI is InChI=1S/C20H31N3O3/c1-26-18-7-3-2-6-17(18)8-11-21-19(24)23-14-9-20(25,10-15-23)16-22-12-4-5-13-22/h2-3,6-7,25H,4-5,8-16H2,1H3,(H,21,24). The molecule has 0 unspecified atom stereocenters. The van der Waals surface area contributed by atoms with Crippen LogP contribution >= 0.6 is 0 Å². The lowest BCUT2D eigenvalue weighted by molar-refractivity contribution is -0.0339. The molecule has 1 aromatic rings. The van der Waals surface area contributed by atoms with E-state index >= 15 is 0 Å². The van der Waals surface area contributed by atoms with E-state index in [1.54, 1.807) is 7.11 Å². The molecule has 2 fully saturated rings. The van der Waals surface area contributed by atoms with Crippen molar-refractivity contribution < 1.29 is 14.6 Å². The second-order valence-corrected chi connectivity index (χ2v) is 7.49. The first-order chi connectivity index (χ1) is 12.6. The number of aliphatic hydroxyl groups is 1. The van der Waals surface area contributed by atoms with Crippen LogP contribution in [0.2, 0.25) is 0 Å². The molecular weight excluding hydrogens is 330 g/mol. The second kappa shape index (κ2) is 8.73. The minimum Gasteiger partial charge on any atom is -0.496 e. The molecule has 1 aromatic carbocycles. The van der Waals surface area contributed by atoms with Crippen molar-refractivity contribution in [2.45, 2.75) is 37.7 Å². The van der Waals surface area contributed by atoms with Crippen molar-refractivity contribution in [1.29, 1.82) is 0 Å². The highest BCUT2D eigenvalue weighted by Gasteiger charge is 2.35. The molecule has 2 heterocycles. The smallest absolute Gasteiger partial charge is 0.317 e. The fourth-order valence-corrected chi connectivity index (χ4v) is 3.97. The maximum Gasteiger partial charge on any atom is 0.317 e. The number of likely N-dealkylation sites (tertiary alicyclic amines) is 2. The van der Waals surface area contributed by atoms with Crippen LogP contribution in [-0.2, 0) is 6.42 Å². The van der Waals surface area contributed by atoms with Crippen LogP contribution in [0.3, 0.4) is 0 Å². The number of carbonyl (C=O) groups is 1. The fraction of sp³-hybridized carbons (Fsp3) is 0.650. The Morgan fingerprint density at radius 3 is 2.58 bits per heavy atom. The molecule has 2 aliphatic heterocycles. The highest BCUT2D eigenvalue weighted by molar-refractivity contribution is 5.74. The number of amides is 2. The van der Waals surface area contributed by atoms with E-state index in [-0.39, 0.29) is 6.03 Å². The van der Waals surface area contributed by atoms with Gasteiger partial charge in [0.25, 0.3) is 0 Å². The topological polar surface area (TPSA) is 65.0 Å². The third-order valence-electron chi connectivity index (χ3n) is 5.56. The van der Waals surface area contributed by atoms with Gasteiger partial charge in [0.15, 0.2) is 0 Å². The summed E-state index contributed by atoms with van der Waals surface area (Å²) < 4.78 is 5.34. The number of β-amino-alcohol motifs (C(OH)–C–C–N with tert-alkyl or cyclic N) is 1. The van der Waals surface area contributed by atoms with Crippen LogP contribution in [0, 0.1) is 0 Å². The Hall–Kier alpha value is -1.79. The van der Waals surface area contributed by atoms with E-state index in [9.17, 15) is 9.90 Å². The summed E-state index contributed by atoms with van der Waals surface area (Å²) in [6, 6.07) is 7.83. The first kappa shape index (κ1) is 19.0. The lowest BCUT2D eigenvalue weighted by Crippen LogP contribution is -2.53. The van der Waals surface area contributed by atoms with E-state index in [0.29, 0.717) is 32.5 Å². The van der Waals surface area contributed by atoms with Crippen molar-refractivity contribution in [1.82, 2.24) is 15.1 Å². The monoisotopic (exact) mass is 361 g/mol. The number of para-hydroxylation sites is 1. The van der Waals surface area contributed by atoms with Gasteiger partial charge in [0.1, 0.15) is 5.75 Å². The second-order valence-electron chi connectivity index (χ2n) is 7.49. The summed E-state index contributed by atoms with van der Waals surface area (Å²) in [5.41, 5.74) is 0.451. The first-order valence-electron chi connectivity index (χ1n) is 9.69. The van der Waals surface area contributed by atoms with Crippen LogP contribution in [-0.4, -0.2) is 72.9 Å². The molecule has 0 bridgehead atoms. The Bertz CT molecular complexity index is 594. The number of ether oxygens (including phenoxy) is 1. The predicted molar refractivity (Wildman–Crippen MR) is 102 cm³/mol. The van der Waals surface area contributed by atoms with Gasteiger partial charge in [0, 0.05) is 26.2 Å². The SMILES string of the molecule is COc1ccccc1CCNC(=O)N1CCC(O)(CN2CCCC2)CC1. The molecule has 0 saturated carbocycles. The zero-order chi connectivity index (χ0) is 18.4. The van der Waals surface area contributed by atoms with Crippen LogP contribution in [0.4, 0.5) is 4.79 Å². The molecule has 3 rings (SSSR count). The van der Waals surface area contributed by atoms with Gasteiger partial charge in [-0.15, -0.1) is 0 Å². The zero-order valence-electron chi connectivity index (χ0n) is 15.7. The van der Waals surface area contributed by atoms with E-state index in [0.717, 1.165) is 37.4 Å². The molecule has 6 heteroatoms. The van der Waals surface area contributed by atoms with Crippen LogP contribution in [0.25, 0.3) is 0 Å². The summed E-state index contributed by atoms with van der Waals surface area (Å²) in [4.78, 5) is 16.6. The summed E-state index contributed by atoms with van der Waals surface area (Å²) in [5, 5.41) is 13.8. The van der Waals surface area contributed by atoms with E-state index in [1.807, 2.05) is 29.2 Å². The van der Waals surface area contributed by atoms with Gasteiger partial charge in [-0.1, -0.05) is 18.2 Å². The lowest BCUT2D eigenvalue weighted by Gasteiger charge is -2.40. The van der Waals surface area contributed by atoms with Crippen molar-refractivity contribution in [3.05, 3.63) is 29.8 Å². The third-order valence-corrected chi connectivity index (χ3v) is 5.56. The maximum atomic E-state index is 12.4. The van der Waals surface area contributed by atoms with Crippen LogP contribution in [0.15, 0.2) is 24.3 Å². The largest absolute Gasteiger partial charge is 0.496 e. The Morgan fingerprint density at radius 2 is 1.88 bits per heavy atom. The average molecular weight is 361 g/mol. The number of methoxy groups -OCH3 is 1. The molecular formula is C20H31N3O3. The number of carbonyl (C=O) groups excluding carboxylic acids is 1. The number of hydrogen-bond acceptors (Lipinski definition) is 4. The van der Waals surface area contributed by atoms with Gasteiger partial charge in [-0.3, -0.25) is 0 Å². The van der Waals surface area contributed by atoms with Gasteiger partial charge in [-0.05, 0) is 56.8 Å². The minimum absolute atomic E-state index is 0.0388. The van der Waals surface area contributed by atoms with Gasteiger partial charge in [0.2, 0.25) is 0 Å². The molecule has 26 heavy (non-hydrogen) atoms. The quantitative estimate of drug-likeness (QED) is 0.812. The molecule has 2 saturated heterocycles. The Morgan fingerprint density at radius 1 is 1.19 bits per heavy atom. The normalized spacial score (nSPS) is 20.2. The molecule has 2 aliphatic rings. The molecule has 0 radical (unpaired) electrons. The summed E-state index contributed by atoms with van der Waals surface area (Å²) in [5.74, 6) is 0.853. The van der Waals surface area contributed by atoms with Crippen molar-refractivity contribution >= 4 is 6.03 Å². The van der Waals surface area contributed by atoms with Gasteiger partial charge in [-0.2, -0.15) is 0 Å². The van der Waals surface area contributed by atoms with E-state index in [2.05, 4.69) is 10.2 Å². The summed E-state index contributed by atoms with van der Waals surface area (Å²) in [7, 11) is 1.66. The number of urea groups is 1. The lowest BCUT2D eigenvalue weighted by atomic mass is 9.91. The summed E-state index contributed by atoms with van der Waals surface area (Å²) in [6.07, 6.45) is 4.52. The summed E-state index contributed by atoms with van der Waals surface area (Å²) >= 11 is 0. The van der Waals surface area contributed by atoms with Gasteiger partial charge < -0.3 is 25.0 Å². The Kier molecular flexibility index (Phi) is 6.38. The van der Waals surface area contributed by atoms with Crippen LogP contribution in [0.5, 0.6) is 5.75 Å². The number of hydrogen-bond donors (Lipinski definition) is 2. The predicted octanol–water partition coefficient (Wildman–Crippen LogP) is 1.87. The molecule has 2 amide bonds. The number of nitrogens with one attached hydrogen (secondary N) is 1. The number of rotatable bonds is 6. The molecule has 0 atom stereocenters. The van der Waals surface area contributed by atoms with E-state index in [4.69, 9.17) is 4.74 Å². The average Bonchev–Trinajstić information content (AvgIpc) is 3.15. The van der Waals surface area contributed by atoms with Crippen molar-refractivity contribution in [3.8, 4) is 5.75 Å². The van der Waals surface area contributed by atoms with Crippen molar-refractivity contribution in [2.24, 2.45) is 0 Å². The maximum absolute atomic E-state index is 12.4. The molecule has 0 aliphatic carbocycles. The molecule has 2 N–H and O–H groups in total. The van der Waals surface area contributed by atoms with Gasteiger partial charge in [0.05, 0.1) is 12.7 Å². The Labute approximate surface area is 156 Å². The third kappa shape index (κ3) is 4.89. The molecule has 6 nitrogen and oxygen atoms in total. The van der Waals surface area contributed by atoms with Crippen LogP contribution in [0.1, 0.15) is 31.2 Å². The van der Waals surface area contributed by atoms with E-state index < -0.39 is 5.60 Å². The zero-order valence-corrected chi connectivity index (χ0v) is 15.7. The molecule has 0 spiro atoms. The van der Waals surface area contributed by atoms with Crippen molar-refractivity contribution in [2.75, 3.05) is 46.4 Å².